The van der Waals surface area contributed by atoms with Gasteiger partial charge in [0.1, 0.15) is 17.1 Å². The van der Waals surface area contributed by atoms with Gasteiger partial charge in [-0.15, -0.1) is 0 Å². The molecular weight excluding hydrogens is 409 g/mol. The number of nitrogens with one attached hydrogen (secondary N) is 2. The number of nitrogens with zero attached hydrogens (tertiary/aromatic N) is 5. The predicted molar refractivity (Wildman–Crippen MR) is 117 cm³/mol. The fraction of sp³-hybridized carbons (Fsp3) is 0. The third-order valence-electron chi connectivity index (χ3n) is 5.18. The van der Waals surface area contributed by atoms with Crippen LogP contribution in [0.3, 0.4) is 0 Å². The number of hydrogen-bond acceptors (Lipinski definition) is 6. The van der Waals surface area contributed by atoms with E-state index in [2.05, 4.69) is 30.1 Å². The van der Waals surface area contributed by atoms with Crippen LogP contribution in [0.4, 0.5) is 4.39 Å². The maximum atomic E-state index is 13.8. The van der Waals surface area contributed by atoms with E-state index in [-0.39, 0.29) is 11.6 Å². The number of H-pyrrole nitrogens is 2. The number of benzene rings is 1. The summed E-state index contributed by atoms with van der Waals surface area (Å²) in [5.41, 5.74) is 5.86. The molecule has 0 saturated carbocycles. The number of aromatic hydroxyl groups is 1. The molecule has 0 aliphatic carbocycles. The van der Waals surface area contributed by atoms with Crippen molar-refractivity contribution < 1.29 is 9.50 Å². The zero-order valence-electron chi connectivity index (χ0n) is 16.4. The van der Waals surface area contributed by atoms with Crippen LogP contribution in [0, 0.1) is 5.82 Å². The van der Waals surface area contributed by atoms with Crippen molar-refractivity contribution in [3.8, 4) is 39.7 Å². The first-order valence-electron chi connectivity index (χ1n) is 9.76. The molecule has 0 fully saturated rings. The van der Waals surface area contributed by atoms with Crippen LogP contribution >= 0.6 is 0 Å². The van der Waals surface area contributed by atoms with E-state index in [0.717, 1.165) is 16.6 Å². The molecule has 0 saturated heterocycles. The lowest BCUT2D eigenvalue weighted by Gasteiger charge is -2.02. The van der Waals surface area contributed by atoms with Gasteiger partial charge >= 0.3 is 0 Å². The molecule has 0 bridgehead atoms. The van der Waals surface area contributed by atoms with Crippen LogP contribution in [-0.4, -0.2) is 40.2 Å². The summed E-state index contributed by atoms with van der Waals surface area (Å²) in [4.78, 5) is 20.9. The third kappa shape index (κ3) is 2.95. The minimum atomic E-state index is -0.316. The SMILES string of the molecule is Oc1cncc(-c2ccc3[nH]nc(-c4nc5nccc(-c6cccc(F)c6)c5[nH]4)c3n2)c1. The molecule has 6 aromatic rings. The van der Waals surface area contributed by atoms with Crippen molar-refractivity contribution in [1.82, 2.24) is 35.1 Å². The number of halogens is 1. The standard InChI is InChI=1S/C23H14FN7O/c24-14-3-1-2-12(8-14)16-6-7-26-22-19(16)28-23(29-22)21-20-18(30-31-21)5-4-17(27-20)13-9-15(32)11-25-10-13/h1-11,32H,(H,30,31)(H,26,28,29). The molecule has 1 aromatic carbocycles. The Bertz CT molecular complexity index is 1620. The molecule has 0 atom stereocenters. The van der Waals surface area contributed by atoms with E-state index in [4.69, 9.17) is 4.98 Å². The highest BCUT2D eigenvalue weighted by molar-refractivity contribution is 5.94. The summed E-state index contributed by atoms with van der Waals surface area (Å²) in [7, 11) is 0. The van der Waals surface area contributed by atoms with Gasteiger partial charge in [0.25, 0.3) is 0 Å². The van der Waals surface area contributed by atoms with Gasteiger partial charge in [0.15, 0.2) is 17.2 Å². The molecule has 154 valence electrons. The van der Waals surface area contributed by atoms with Crippen LogP contribution in [0.5, 0.6) is 5.75 Å². The Morgan fingerprint density at radius 3 is 2.75 bits per heavy atom. The molecule has 0 aliphatic heterocycles. The highest BCUT2D eigenvalue weighted by Gasteiger charge is 2.17. The molecule has 0 spiro atoms. The number of hydrogen-bond donors (Lipinski definition) is 3. The van der Waals surface area contributed by atoms with Gasteiger partial charge in [0, 0.05) is 23.5 Å². The van der Waals surface area contributed by atoms with E-state index in [1.807, 2.05) is 24.3 Å². The van der Waals surface area contributed by atoms with Crippen molar-refractivity contribution in [2.75, 3.05) is 0 Å². The Hall–Kier alpha value is -4.66. The molecule has 3 N–H and O–H groups in total. The van der Waals surface area contributed by atoms with E-state index < -0.39 is 0 Å². The minimum Gasteiger partial charge on any atom is -0.506 e. The quantitative estimate of drug-likeness (QED) is 0.387. The predicted octanol–water partition coefficient (Wildman–Crippen LogP) is 4.47. The number of pyridine rings is 3. The van der Waals surface area contributed by atoms with E-state index in [1.54, 1.807) is 24.5 Å². The Balaban J connectivity index is 1.51. The van der Waals surface area contributed by atoms with Crippen molar-refractivity contribution in [2.24, 2.45) is 0 Å². The van der Waals surface area contributed by atoms with Crippen LogP contribution in [-0.2, 0) is 0 Å². The Morgan fingerprint density at radius 2 is 1.88 bits per heavy atom. The molecule has 6 rings (SSSR count). The lowest BCUT2D eigenvalue weighted by molar-refractivity contribution is 0.473. The summed E-state index contributed by atoms with van der Waals surface area (Å²) in [6.45, 7) is 0. The molecule has 5 heterocycles. The normalized spacial score (nSPS) is 11.4. The Kier molecular flexibility index (Phi) is 3.94. The lowest BCUT2D eigenvalue weighted by Crippen LogP contribution is -1.87. The van der Waals surface area contributed by atoms with Crippen molar-refractivity contribution in [3.05, 3.63) is 72.9 Å². The average molecular weight is 423 g/mol. The van der Waals surface area contributed by atoms with Crippen molar-refractivity contribution >= 4 is 22.2 Å². The fourth-order valence-corrected chi connectivity index (χ4v) is 3.71. The van der Waals surface area contributed by atoms with Crippen LogP contribution in [0.2, 0.25) is 0 Å². The van der Waals surface area contributed by atoms with Gasteiger partial charge in [-0.1, -0.05) is 12.1 Å². The van der Waals surface area contributed by atoms with Crippen LogP contribution < -0.4 is 0 Å². The fourth-order valence-electron chi connectivity index (χ4n) is 3.71. The largest absolute Gasteiger partial charge is 0.506 e. The molecule has 0 radical (unpaired) electrons. The smallest absolute Gasteiger partial charge is 0.178 e. The Labute approximate surface area is 179 Å². The van der Waals surface area contributed by atoms with Crippen LogP contribution in [0.25, 0.3) is 56.1 Å². The second-order valence-corrected chi connectivity index (χ2v) is 7.25. The van der Waals surface area contributed by atoms with Gasteiger partial charge in [-0.2, -0.15) is 5.10 Å². The van der Waals surface area contributed by atoms with Crippen LogP contribution in [0.15, 0.2) is 67.1 Å². The van der Waals surface area contributed by atoms with Crippen molar-refractivity contribution in [3.63, 3.8) is 0 Å². The summed E-state index contributed by atoms with van der Waals surface area (Å²) < 4.78 is 13.8. The second kappa shape index (κ2) is 6.95. The monoisotopic (exact) mass is 423 g/mol. The number of aromatic amines is 2. The minimum absolute atomic E-state index is 0.0602. The van der Waals surface area contributed by atoms with Crippen molar-refractivity contribution in [2.45, 2.75) is 0 Å². The summed E-state index contributed by atoms with van der Waals surface area (Å²) >= 11 is 0. The van der Waals surface area contributed by atoms with E-state index in [9.17, 15) is 9.50 Å². The zero-order valence-corrected chi connectivity index (χ0v) is 16.4. The maximum absolute atomic E-state index is 13.8. The molecule has 5 aromatic heterocycles. The number of rotatable bonds is 3. The lowest BCUT2D eigenvalue weighted by atomic mass is 10.1. The average Bonchev–Trinajstić information content (AvgIpc) is 3.42. The topological polar surface area (TPSA) is 116 Å². The van der Waals surface area contributed by atoms with Gasteiger partial charge in [0.2, 0.25) is 0 Å². The Morgan fingerprint density at radius 1 is 0.938 bits per heavy atom. The van der Waals surface area contributed by atoms with E-state index in [0.29, 0.717) is 39.5 Å². The number of imidazole rings is 1. The molecule has 32 heavy (non-hydrogen) atoms. The maximum Gasteiger partial charge on any atom is 0.178 e. The molecular formula is C23H14FN7O. The molecule has 0 unspecified atom stereocenters. The highest BCUT2D eigenvalue weighted by Crippen LogP contribution is 2.31. The van der Waals surface area contributed by atoms with Gasteiger partial charge in [0.05, 0.1) is 22.9 Å². The molecule has 0 amide bonds. The highest BCUT2D eigenvalue weighted by atomic mass is 19.1. The third-order valence-corrected chi connectivity index (χ3v) is 5.18. The molecule has 8 nitrogen and oxygen atoms in total. The number of aromatic nitrogens is 7. The molecule has 9 heteroatoms. The zero-order chi connectivity index (χ0) is 21.7. The first-order chi connectivity index (χ1) is 15.7. The van der Waals surface area contributed by atoms with Crippen LogP contribution in [0.1, 0.15) is 0 Å². The number of fused-ring (bicyclic) bond motifs is 2. The van der Waals surface area contributed by atoms with E-state index in [1.165, 1.54) is 18.3 Å². The van der Waals surface area contributed by atoms with Gasteiger partial charge in [-0.05, 0) is 42.0 Å². The van der Waals surface area contributed by atoms with Gasteiger partial charge in [-0.3, -0.25) is 10.1 Å². The van der Waals surface area contributed by atoms with Gasteiger partial charge in [-0.25, -0.2) is 19.3 Å². The first kappa shape index (κ1) is 18.1. The van der Waals surface area contributed by atoms with Crippen molar-refractivity contribution in [1.29, 1.82) is 0 Å². The first-order valence-corrected chi connectivity index (χ1v) is 9.76. The second-order valence-electron chi connectivity index (χ2n) is 7.25. The van der Waals surface area contributed by atoms with Gasteiger partial charge < -0.3 is 10.1 Å². The summed E-state index contributed by atoms with van der Waals surface area (Å²) in [6, 6.07) is 13.5. The van der Waals surface area contributed by atoms with E-state index >= 15 is 0 Å². The summed E-state index contributed by atoms with van der Waals surface area (Å²) in [6.07, 6.45) is 4.63. The molecule has 0 aliphatic rings. The summed E-state index contributed by atoms with van der Waals surface area (Å²) in [5.74, 6) is 0.231. The summed E-state index contributed by atoms with van der Waals surface area (Å²) in [5, 5.41) is 17.1.